The second kappa shape index (κ2) is 6.71. The first kappa shape index (κ1) is 14.8. The highest BCUT2D eigenvalue weighted by Crippen LogP contribution is 2.16. The molecule has 2 aromatic carbocycles. The van der Waals surface area contributed by atoms with Gasteiger partial charge in [0.15, 0.2) is 6.10 Å². The van der Waals surface area contributed by atoms with Crippen molar-refractivity contribution in [1.29, 1.82) is 5.26 Å². The van der Waals surface area contributed by atoms with E-state index in [1.807, 2.05) is 30.3 Å². The molecule has 0 aliphatic heterocycles. The van der Waals surface area contributed by atoms with Gasteiger partial charge in [-0.2, -0.15) is 5.26 Å². The molecule has 0 saturated heterocycles. The van der Waals surface area contributed by atoms with Crippen molar-refractivity contribution in [3.63, 3.8) is 0 Å². The van der Waals surface area contributed by atoms with Gasteiger partial charge in [-0.25, -0.2) is 0 Å². The lowest BCUT2D eigenvalue weighted by atomic mass is 10.0. The Hall–Kier alpha value is -2.60. The zero-order chi connectivity index (χ0) is 15.2. The standard InChI is InChI=1S/C18H17NO2/c1-3-14-4-8-16(9-5-14)18(20)13(2)21-17-10-6-15(12-19)7-11-17/h4-11,13H,3H2,1-2H3. The summed E-state index contributed by atoms with van der Waals surface area (Å²) < 4.78 is 5.63. The summed E-state index contributed by atoms with van der Waals surface area (Å²) in [6.45, 7) is 3.81. The molecule has 0 amide bonds. The summed E-state index contributed by atoms with van der Waals surface area (Å²) >= 11 is 0. The summed E-state index contributed by atoms with van der Waals surface area (Å²) in [7, 11) is 0. The lowest BCUT2D eigenvalue weighted by Crippen LogP contribution is -2.23. The maximum atomic E-state index is 12.3. The molecule has 0 spiro atoms. The van der Waals surface area contributed by atoms with Crippen LogP contribution in [0.1, 0.15) is 35.3 Å². The van der Waals surface area contributed by atoms with Crippen LogP contribution in [0, 0.1) is 11.3 Å². The van der Waals surface area contributed by atoms with Gasteiger partial charge in [-0.15, -0.1) is 0 Å². The van der Waals surface area contributed by atoms with Gasteiger partial charge in [-0.3, -0.25) is 4.79 Å². The SMILES string of the molecule is CCc1ccc(C(=O)C(C)Oc2ccc(C#N)cc2)cc1. The molecule has 3 heteroatoms. The highest BCUT2D eigenvalue weighted by atomic mass is 16.5. The lowest BCUT2D eigenvalue weighted by Gasteiger charge is -2.14. The smallest absolute Gasteiger partial charge is 0.202 e. The number of hydrogen-bond donors (Lipinski definition) is 0. The van der Waals surface area contributed by atoms with Gasteiger partial charge >= 0.3 is 0 Å². The van der Waals surface area contributed by atoms with Gasteiger partial charge in [0.25, 0.3) is 0 Å². The average molecular weight is 279 g/mol. The normalized spacial score (nSPS) is 11.5. The summed E-state index contributed by atoms with van der Waals surface area (Å²) in [6.07, 6.45) is 0.386. The summed E-state index contributed by atoms with van der Waals surface area (Å²) in [4.78, 5) is 12.3. The number of Topliss-reactive ketones (excluding diaryl/α,β-unsaturated/α-hetero) is 1. The van der Waals surface area contributed by atoms with E-state index in [1.54, 1.807) is 31.2 Å². The largest absolute Gasteiger partial charge is 0.483 e. The number of rotatable bonds is 5. The van der Waals surface area contributed by atoms with Crippen LogP contribution < -0.4 is 4.74 Å². The second-order valence-electron chi connectivity index (χ2n) is 4.81. The molecule has 0 saturated carbocycles. The Morgan fingerprint density at radius 3 is 2.29 bits per heavy atom. The molecule has 1 atom stereocenters. The quantitative estimate of drug-likeness (QED) is 0.783. The molecule has 2 aromatic rings. The molecule has 0 fully saturated rings. The van der Waals surface area contributed by atoms with E-state index in [0.717, 1.165) is 6.42 Å². The van der Waals surface area contributed by atoms with Crippen LogP contribution in [0.15, 0.2) is 48.5 Å². The number of carbonyl (C=O) groups excluding carboxylic acids is 1. The van der Waals surface area contributed by atoms with Crippen molar-refractivity contribution in [3.05, 3.63) is 65.2 Å². The first-order chi connectivity index (χ1) is 10.1. The minimum Gasteiger partial charge on any atom is -0.483 e. The van der Waals surface area contributed by atoms with E-state index in [9.17, 15) is 4.79 Å². The monoisotopic (exact) mass is 279 g/mol. The number of hydrogen-bond acceptors (Lipinski definition) is 3. The zero-order valence-corrected chi connectivity index (χ0v) is 12.2. The van der Waals surface area contributed by atoms with Crippen LogP contribution in [-0.2, 0) is 6.42 Å². The van der Waals surface area contributed by atoms with Crippen molar-refractivity contribution in [1.82, 2.24) is 0 Å². The molecule has 0 aliphatic carbocycles. The Morgan fingerprint density at radius 1 is 1.14 bits per heavy atom. The molecule has 0 bridgehead atoms. The molecule has 1 unspecified atom stereocenters. The maximum Gasteiger partial charge on any atom is 0.202 e. The minimum absolute atomic E-state index is 0.0537. The molecule has 106 valence electrons. The van der Waals surface area contributed by atoms with Gasteiger partial charge in [-0.1, -0.05) is 31.2 Å². The fraction of sp³-hybridized carbons (Fsp3) is 0.222. The summed E-state index contributed by atoms with van der Waals surface area (Å²) in [6, 6.07) is 16.4. The van der Waals surface area contributed by atoms with Crippen LogP contribution in [0.4, 0.5) is 0 Å². The Kier molecular flexibility index (Phi) is 4.73. The van der Waals surface area contributed by atoms with Crippen molar-refractivity contribution < 1.29 is 9.53 Å². The predicted molar refractivity (Wildman–Crippen MR) is 81.4 cm³/mol. The molecule has 2 rings (SSSR count). The number of nitriles is 1. The zero-order valence-electron chi connectivity index (χ0n) is 12.2. The van der Waals surface area contributed by atoms with E-state index in [2.05, 4.69) is 6.92 Å². The van der Waals surface area contributed by atoms with Gasteiger partial charge in [-0.05, 0) is 43.2 Å². The lowest BCUT2D eigenvalue weighted by molar-refractivity contribution is 0.0818. The van der Waals surface area contributed by atoms with Crippen LogP contribution >= 0.6 is 0 Å². The van der Waals surface area contributed by atoms with Gasteiger partial charge in [0.05, 0.1) is 11.6 Å². The Balaban J connectivity index is 2.05. The van der Waals surface area contributed by atoms with E-state index in [4.69, 9.17) is 10.00 Å². The number of carbonyl (C=O) groups is 1. The number of ether oxygens (including phenoxy) is 1. The fourth-order valence-electron chi connectivity index (χ4n) is 2.01. The Morgan fingerprint density at radius 2 is 1.76 bits per heavy atom. The number of nitrogens with zero attached hydrogens (tertiary/aromatic N) is 1. The average Bonchev–Trinajstić information content (AvgIpc) is 2.55. The number of benzene rings is 2. The third-order valence-electron chi connectivity index (χ3n) is 3.31. The van der Waals surface area contributed by atoms with E-state index in [-0.39, 0.29) is 5.78 Å². The van der Waals surface area contributed by atoms with Crippen LogP contribution in [-0.4, -0.2) is 11.9 Å². The third-order valence-corrected chi connectivity index (χ3v) is 3.31. The van der Waals surface area contributed by atoms with Crippen molar-refractivity contribution in [3.8, 4) is 11.8 Å². The summed E-state index contributed by atoms with van der Waals surface area (Å²) in [5, 5.41) is 8.75. The highest BCUT2D eigenvalue weighted by Gasteiger charge is 2.16. The minimum atomic E-state index is -0.564. The van der Waals surface area contributed by atoms with Crippen LogP contribution in [0.5, 0.6) is 5.75 Å². The summed E-state index contributed by atoms with van der Waals surface area (Å²) in [5.74, 6) is 0.530. The van der Waals surface area contributed by atoms with Crippen LogP contribution in [0.3, 0.4) is 0 Å². The summed E-state index contributed by atoms with van der Waals surface area (Å²) in [5.41, 5.74) is 2.41. The molecule has 0 aromatic heterocycles. The van der Waals surface area contributed by atoms with Crippen LogP contribution in [0.25, 0.3) is 0 Å². The Labute approximate surface area is 124 Å². The second-order valence-corrected chi connectivity index (χ2v) is 4.81. The molecule has 0 heterocycles. The van der Waals surface area contributed by atoms with Crippen molar-refractivity contribution in [2.45, 2.75) is 26.4 Å². The van der Waals surface area contributed by atoms with Gasteiger partial charge in [0.2, 0.25) is 5.78 Å². The fourth-order valence-corrected chi connectivity index (χ4v) is 2.01. The van der Waals surface area contributed by atoms with Crippen molar-refractivity contribution >= 4 is 5.78 Å². The predicted octanol–water partition coefficient (Wildman–Crippen LogP) is 3.77. The molecule has 3 nitrogen and oxygen atoms in total. The molecule has 0 aliphatic rings. The maximum absolute atomic E-state index is 12.3. The topological polar surface area (TPSA) is 50.1 Å². The van der Waals surface area contributed by atoms with Gasteiger partial charge in [0, 0.05) is 5.56 Å². The molecule has 0 N–H and O–H groups in total. The van der Waals surface area contributed by atoms with Gasteiger partial charge in [0.1, 0.15) is 5.75 Å². The first-order valence-corrected chi connectivity index (χ1v) is 6.94. The molecule has 0 radical (unpaired) electrons. The molecular formula is C18H17NO2. The van der Waals surface area contributed by atoms with Crippen LogP contribution in [0.2, 0.25) is 0 Å². The van der Waals surface area contributed by atoms with E-state index in [1.165, 1.54) is 5.56 Å². The van der Waals surface area contributed by atoms with E-state index >= 15 is 0 Å². The van der Waals surface area contributed by atoms with Gasteiger partial charge < -0.3 is 4.74 Å². The first-order valence-electron chi connectivity index (χ1n) is 6.94. The number of aryl methyl sites for hydroxylation is 1. The van der Waals surface area contributed by atoms with E-state index in [0.29, 0.717) is 16.9 Å². The van der Waals surface area contributed by atoms with E-state index < -0.39 is 6.10 Å². The molecule has 21 heavy (non-hydrogen) atoms. The van der Waals surface area contributed by atoms with Crippen molar-refractivity contribution in [2.24, 2.45) is 0 Å². The third kappa shape index (κ3) is 3.70. The molecular weight excluding hydrogens is 262 g/mol. The van der Waals surface area contributed by atoms with Crippen molar-refractivity contribution in [2.75, 3.05) is 0 Å². The Bertz CT molecular complexity index is 651. The number of ketones is 1. The highest BCUT2D eigenvalue weighted by molar-refractivity contribution is 5.99.